The molecule has 2 aromatic heterocycles. The summed E-state index contributed by atoms with van der Waals surface area (Å²) in [7, 11) is 0. The fourth-order valence-corrected chi connectivity index (χ4v) is 4.48. The molecule has 1 aromatic carbocycles. The molecule has 6 nitrogen and oxygen atoms in total. The van der Waals surface area contributed by atoms with E-state index >= 15 is 4.39 Å². The molecule has 0 spiro atoms. The lowest BCUT2D eigenvalue weighted by Crippen LogP contribution is -2.49. The predicted molar refractivity (Wildman–Crippen MR) is 123 cm³/mol. The Kier molecular flexibility index (Phi) is 5.35. The fourth-order valence-electron chi connectivity index (χ4n) is 4.48. The van der Waals surface area contributed by atoms with Gasteiger partial charge in [0.2, 0.25) is 0 Å². The minimum Gasteiger partial charge on any atom is -0.384 e. The smallest absolute Gasteiger partial charge is 0.256 e. The number of pyridine rings is 2. The lowest BCUT2D eigenvalue weighted by molar-refractivity contribution is 0.0623. The summed E-state index contributed by atoms with van der Waals surface area (Å²) in [6.45, 7) is 4.93. The van der Waals surface area contributed by atoms with E-state index in [0.717, 1.165) is 35.5 Å². The summed E-state index contributed by atoms with van der Waals surface area (Å²) in [5, 5.41) is 0. The molecule has 0 radical (unpaired) electrons. The predicted octanol–water partition coefficient (Wildman–Crippen LogP) is 3.76. The van der Waals surface area contributed by atoms with Gasteiger partial charge in [0.05, 0.1) is 5.56 Å². The van der Waals surface area contributed by atoms with E-state index in [1.54, 1.807) is 35.5 Å². The molecule has 1 aliphatic carbocycles. The molecule has 2 fully saturated rings. The van der Waals surface area contributed by atoms with E-state index in [9.17, 15) is 4.79 Å². The van der Waals surface area contributed by atoms with E-state index in [0.29, 0.717) is 30.5 Å². The van der Waals surface area contributed by atoms with Gasteiger partial charge in [0, 0.05) is 61.4 Å². The van der Waals surface area contributed by atoms with Crippen molar-refractivity contribution in [1.29, 1.82) is 0 Å². The Balaban J connectivity index is 1.42. The SMILES string of the molecule is Cc1nccc(-c2ccc(C(=O)N3CCN(C4CC4)CC3)c(F)c2)c1-c1ccc(N)nc1. The van der Waals surface area contributed by atoms with Crippen molar-refractivity contribution >= 4 is 11.7 Å². The molecule has 1 saturated carbocycles. The Morgan fingerprint density at radius 1 is 1.03 bits per heavy atom. The number of benzene rings is 1. The van der Waals surface area contributed by atoms with Crippen LogP contribution in [0.5, 0.6) is 0 Å². The van der Waals surface area contributed by atoms with Gasteiger partial charge < -0.3 is 10.6 Å². The molecule has 32 heavy (non-hydrogen) atoms. The number of nitrogens with zero attached hydrogens (tertiary/aromatic N) is 4. The first-order chi connectivity index (χ1) is 15.5. The van der Waals surface area contributed by atoms with Crippen LogP contribution in [0.1, 0.15) is 28.9 Å². The number of piperazine rings is 1. The third-order valence-corrected chi connectivity index (χ3v) is 6.39. The van der Waals surface area contributed by atoms with Crippen LogP contribution in [0.25, 0.3) is 22.3 Å². The Labute approximate surface area is 186 Å². The molecule has 5 rings (SSSR count). The molecule has 1 amide bonds. The van der Waals surface area contributed by atoms with Gasteiger partial charge in [-0.2, -0.15) is 0 Å². The second-order valence-corrected chi connectivity index (χ2v) is 8.54. The Morgan fingerprint density at radius 3 is 2.44 bits per heavy atom. The number of nitrogen functional groups attached to an aromatic ring is 1. The van der Waals surface area contributed by atoms with Crippen LogP contribution >= 0.6 is 0 Å². The largest absolute Gasteiger partial charge is 0.384 e. The lowest BCUT2D eigenvalue weighted by Gasteiger charge is -2.34. The van der Waals surface area contributed by atoms with Gasteiger partial charge in [0.25, 0.3) is 5.91 Å². The Hall–Kier alpha value is -3.32. The fraction of sp³-hybridized carbons (Fsp3) is 0.320. The van der Waals surface area contributed by atoms with E-state index in [1.165, 1.54) is 18.9 Å². The minimum absolute atomic E-state index is 0.120. The van der Waals surface area contributed by atoms with Gasteiger partial charge in [-0.05, 0) is 61.2 Å². The molecule has 164 valence electrons. The van der Waals surface area contributed by atoms with Crippen molar-refractivity contribution in [2.24, 2.45) is 0 Å². The number of rotatable bonds is 4. The van der Waals surface area contributed by atoms with Gasteiger partial charge in [-0.1, -0.05) is 6.07 Å². The number of aryl methyl sites for hydroxylation is 1. The molecule has 0 unspecified atom stereocenters. The minimum atomic E-state index is -0.507. The Bertz CT molecular complexity index is 1150. The molecule has 2 N–H and O–H groups in total. The summed E-state index contributed by atoms with van der Waals surface area (Å²) in [5.74, 6) is -0.310. The second-order valence-electron chi connectivity index (χ2n) is 8.54. The second kappa shape index (κ2) is 8.31. The third-order valence-electron chi connectivity index (χ3n) is 6.39. The maximum atomic E-state index is 15.1. The number of amides is 1. The van der Waals surface area contributed by atoms with Crippen molar-refractivity contribution in [2.45, 2.75) is 25.8 Å². The van der Waals surface area contributed by atoms with Crippen molar-refractivity contribution in [1.82, 2.24) is 19.8 Å². The van der Waals surface area contributed by atoms with Crippen LogP contribution in [0.2, 0.25) is 0 Å². The molecule has 3 aromatic rings. The quantitative estimate of drug-likeness (QED) is 0.681. The summed E-state index contributed by atoms with van der Waals surface area (Å²) in [6.07, 6.45) is 5.91. The van der Waals surface area contributed by atoms with Crippen molar-refractivity contribution in [3.8, 4) is 22.3 Å². The monoisotopic (exact) mass is 431 g/mol. The summed E-state index contributed by atoms with van der Waals surface area (Å²) in [5.41, 5.74) is 9.91. The number of hydrogen-bond donors (Lipinski definition) is 1. The van der Waals surface area contributed by atoms with Crippen molar-refractivity contribution in [3.63, 3.8) is 0 Å². The zero-order valence-electron chi connectivity index (χ0n) is 18.1. The van der Waals surface area contributed by atoms with E-state index in [1.807, 2.05) is 19.1 Å². The van der Waals surface area contributed by atoms with E-state index in [4.69, 9.17) is 5.73 Å². The first-order valence-corrected chi connectivity index (χ1v) is 11.0. The molecule has 2 aliphatic rings. The molecule has 7 heteroatoms. The first-order valence-electron chi connectivity index (χ1n) is 11.0. The summed E-state index contributed by atoms with van der Waals surface area (Å²) in [6, 6.07) is 11.0. The lowest BCUT2D eigenvalue weighted by atomic mass is 9.94. The van der Waals surface area contributed by atoms with E-state index in [-0.39, 0.29) is 11.5 Å². The van der Waals surface area contributed by atoms with Gasteiger partial charge in [-0.15, -0.1) is 0 Å². The topological polar surface area (TPSA) is 75.4 Å². The Morgan fingerprint density at radius 2 is 1.78 bits per heavy atom. The summed E-state index contributed by atoms with van der Waals surface area (Å²) in [4.78, 5) is 25.7. The van der Waals surface area contributed by atoms with Crippen LogP contribution in [0.4, 0.5) is 10.2 Å². The number of anilines is 1. The van der Waals surface area contributed by atoms with Crippen LogP contribution in [0.15, 0.2) is 48.8 Å². The van der Waals surface area contributed by atoms with Gasteiger partial charge in [0.15, 0.2) is 0 Å². The highest BCUT2D eigenvalue weighted by Crippen LogP contribution is 2.34. The third kappa shape index (κ3) is 3.96. The number of nitrogens with two attached hydrogens (primary N) is 1. The number of aromatic nitrogens is 2. The van der Waals surface area contributed by atoms with Crippen LogP contribution in [0, 0.1) is 12.7 Å². The molecular weight excluding hydrogens is 405 g/mol. The highest BCUT2D eigenvalue weighted by atomic mass is 19.1. The molecule has 1 aliphatic heterocycles. The highest BCUT2D eigenvalue weighted by molar-refractivity contribution is 5.95. The van der Waals surface area contributed by atoms with Gasteiger partial charge in [-0.25, -0.2) is 9.37 Å². The normalized spacial score (nSPS) is 16.9. The standard InChI is InChI=1S/C25H26FN5O/c1-16-24(18-3-7-23(27)29-15-18)20(8-9-28-16)17-2-6-21(22(26)14-17)25(32)31-12-10-30(11-13-31)19-4-5-19/h2-3,6-9,14-15,19H,4-5,10-13H2,1H3,(H2,27,29). The van der Waals surface area contributed by atoms with Crippen LogP contribution in [-0.4, -0.2) is 57.9 Å². The van der Waals surface area contributed by atoms with Gasteiger partial charge in [-0.3, -0.25) is 14.7 Å². The average molecular weight is 432 g/mol. The maximum Gasteiger partial charge on any atom is 0.256 e. The number of halogens is 1. The van der Waals surface area contributed by atoms with E-state index < -0.39 is 5.82 Å². The zero-order valence-corrected chi connectivity index (χ0v) is 18.1. The molecule has 1 saturated heterocycles. The number of carbonyl (C=O) groups excluding carboxylic acids is 1. The number of hydrogen-bond acceptors (Lipinski definition) is 5. The maximum absolute atomic E-state index is 15.1. The molecule has 0 bridgehead atoms. The highest BCUT2D eigenvalue weighted by Gasteiger charge is 2.33. The number of carbonyl (C=O) groups is 1. The average Bonchev–Trinajstić information content (AvgIpc) is 3.65. The summed E-state index contributed by atoms with van der Waals surface area (Å²) < 4.78 is 15.1. The molecule has 0 atom stereocenters. The van der Waals surface area contributed by atoms with Crippen molar-refractivity contribution in [3.05, 3.63) is 65.9 Å². The van der Waals surface area contributed by atoms with Crippen LogP contribution < -0.4 is 5.73 Å². The summed E-state index contributed by atoms with van der Waals surface area (Å²) >= 11 is 0. The zero-order chi connectivity index (χ0) is 22.2. The molecular formula is C25H26FN5O. The van der Waals surface area contributed by atoms with Gasteiger partial charge >= 0.3 is 0 Å². The van der Waals surface area contributed by atoms with Crippen LogP contribution in [-0.2, 0) is 0 Å². The van der Waals surface area contributed by atoms with Gasteiger partial charge in [0.1, 0.15) is 11.6 Å². The van der Waals surface area contributed by atoms with Crippen molar-refractivity contribution < 1.29 is 9.18 Å². The van der Waals surface area contributed by atoms with Crippen LogP contribution in [0.3, 0.4) is 0 Å². The van der Waals surface area contributed by atoms with E-state index in [2.05, 4.69) is 14.9 Å². The molecule has 3 heterocycles. The van der Waals surface area contributed by atoms with Crippen molar-refractivity contribution in [2.75, 3.05) is 31.9 Å². The first kappa shape index (κ1) is 20.6.